The molecule has 0 bridgehead atoms. The van der Waals surface area contributed by atoms with Crippen molar-refractivity contribution in [1.29, 1.82) is 0 Å². The Balaban J connectivity index is 1.60. The van der Waals surface area contributed by atoms with Gasteiger partial charge in [0.25, 0.3) is 0 Å². The van der Waals surface area contributed by atoms with Crippen LogP contribution in [0.3, 0.4) is 0 Å². The van der Waals surface area contributed by atoms with E-state index in [1.165, 1.54) is 32.0 Å². The van der Waals surface area contributed by atoms with Crippen LogP contribution in [0.25, 0.3) is 11.6 Å². The summed E-state index contributed by atoms with van der Waals surface area (Å²) in [5.74, 6) is 1.56. The summed E-state index contributed by atoms with van der Waals surface area (Å²) in [7, 11) is 0. The first-order valence-corrected chi connectivity index (χ1v) is 5.83. The molecule has 2 N–H and O–H groups in total. The van der Waals surface area contributed by atoms with E-state index in [-0.39, 0.29) is 0 Å². The highest BCUT2D eigenvalue weighted by atomic mass is 16.5. The normalized spacial score (nSPS) is 16.7. The highest BCUT2D eigenvalue weighted by molar-refractivity contribution is 5.39. The second-order valence-corrected chi connectivity index (χ2v) is 4.21. The molecule has 0 atom stereocenters. The zero-order chi connectivity index (χ0) is 11.5. The molecule has 0 amide bonds. The fourth-order valence-corrected chi connectivity index (χ4v) is 2.10. The Morgan fingerprint density at radius 2 is 2.29 bits per heavy atom. The number of hydrogen-bond donors (Lipinski definition) is 2. The van der Waals surface area contributed by atoms with E-state index >= 15 is 0 Å². The number of nitrogens with one attached hydrogen (secondary N) is 2. The van der Waals surface area contributed by atoms with Crippen molar-refractivity contribution in [2.75, 3.05) is 0 Å². The van der Waals surface area contributed by atoms with Crippen LogP contribution in [0, 0.1) is 0 Å². The van der Waals surface area contributed by atoms with Crippen LogP contribution in [0.15, 0.2) is 10.9 Å². The lowest BCUT2D eigenvalue weighted by atomic mass is 10.2. The van der Waals surface area contributed by atoms with E-state index in [2.05, 4.69) is 30.6 Å². The van der Waals surface area contributed by atoms with Gasteiger partial charge in [-0.2, -0.15) is 10.1 Å². The van der Waals surface area contributed by atoms with Gasteiger partial charge in [-0.15, -0.1) is 0 Å². The van der Waals surface area contributed by atoms with Crippen LogP contribution in [-0.2, 0) is 6.54 Å². The Bertz CT molecular complexity index is 459. The van der Waals surface area contributed by atoms with E-state index in [0.717, 1.165) is 0 Å². The summed E-state index contributed by atoms with van der Waals surface area (Å²) in [6, 6.07) is 0.593. The molecular weight excluding hydrogens is 220 g/mol. The van der Waals surface area contributed by atoms with Gasteiger partial charge in [0.1, 0.15) is 6.33 Å². The minimum absolute atomic E-state index is 0.450. The Morgan fingerprint density at radius 1 is 1.41 bits per heavy atom. The SMILES string of the molecule is c1n[nH]c(-c2noc(CNC3CCCC3)n2)n1. The summed E-state index contributed by atoms with van der Waals surface area (Å²) < 4.78 is 5.14. The zero-order valence-electron chi connectivity index (χ0n) is 9.39. The molecule has 0 aromatic carbocycles. The Morgan fingerprint density at radius 3 is 3.06 bits per heavy atom. The summed E-state index contributed by atoms with van der Waals surface area (Å²) in [6.45, 7) is 0.617. The van der Waals surface area contributed by atoms with Crippen molar-refractivity contribution in [3.63, 3.8) is 0 Å². The smallest absolute Gasteiger partial charge is 0.241 e. The van der Waals surface area contributed by atoms with Gasteiger partial charge < -0.3 is 9.84 Å². The van der Waals surface area contributed by atoms with Crippen LogP contribution in [-0.4, -0.2) is 31.4 Å². The Kier molecular flexibility index (Phi) is 2.83. The maximum Gasteiger partial charge on any atom is 0.241 e. The van der Waals surface area contributed by atoms with E-state index in [1.807, 2.05) is 0 Å². The van der Waals surface area contributed by atoms with Gasteiger partial charge in [-0.05, 0) is 12.8 Å². The average Bonchev–Trinajstić information content (AvgIpc) is 3.09. The predicted molar refractivity (Wildman–Crippen MR) is 58.8 cm³/mol. The maximum atomic E-state index is 5.14. The van der Waals surface area contributed by atoms with Crippen molar-refractivity contribution in [3.8, 4) is 11.6 Å². The lowest BCUT2D eigenvalue weighted by molar-refractivity contribution is 0.357. The molecule has 0 unspecified atom stereocenters. The molecule has 2 aromatic heterocycles. The number of aromatic amines is 1. The molecule has 1 fully saturated rings. The molecule has 7 nitrogen and oxygen atoms in total. The first kappa shape index (κ1) is 10.4. The molecule has 2 aromatic rings. The molecular formula is C10H14N6O. The lowest BCUT2D eigenvalue weighted by Crippen LogP contribution is -2.25. The molecule has 7 heteroatoms. The summed E-state index contributed by atoms with van der Waals surface area (Å²) in [5, 5.41) is 13.7. The summed E-state index contributed by atoms with van der Waals surface area (Å²) in [5.41, 5.74) is 0. The molecule has 90 valence electrons. The van der Waals surface area contributed by atoms with Crippen molar-refractivity contribution in [2.24, 2.45) is 0 Å². The molecule has 17 heavy (non-hydrogen) atoms. The largest absolute Gasteiger partial charge is 0.337 e. The molecule has 2 heterocycles. The third-order valence-electron chi connectivity index (χ3n) is 2.99. The van der Waals surface area contributed by atoms with E-state index in [0.29, 0.717) is 30.1 Å². The summed E-state index contributed by atoms with van der Waals surface area (Å²) in [4.78, 5) is 8.20. The third-order valence-corrected chi connectivity index (χ3v) is 2.99. The van der Waals surface area contributed by atoms with Gasteiger partial charge in [0.15, 0.2) is 5.82 Å². The zero-order valence-corrected chi connectivity index (χ0v) is 9.39. The quantitative estimate of drug-likeness (QED) is 0.816. The van der Waals surface area contributed by atoms with Crippen LogP contribution in [0.1, 0.15) is 31.6 Å². The van der Waals surface area contributed by atoms with Crippen LogP contribution in [0.5, 0.6) is 0 Å². The fraction of sp³-hybridized carbons (Fsp3) is 0.600. The lowest BCUT2D eigenvalue weighted by Gasteiger charge is -2.08. The number of nitrogens with zero attached hydrogens (tertiary/aromatic N) is 4. The van der Waals surface area contributed by atoms with E-state index in [9.17, 15) is 0 Å². The molecule has 0 aliphatic heterocycles. The fourth-order valence-electron chi connectivity index (χ4n) is 2.10. The highest BCUT2D eigenvalue weighted by Crippen LogP contribution is 2.18. The average molecular weight is 234 g/mol. The molecule has 1 aliphatic carbocycles. The molecule has 1 aliphatic rings. The molecule has 1 saturated carbocycles. The molecule has 0 spiro atoms. The first-order chi connectivity index (χ1) is 8.42. The standard InChI is InChI=1S/C10H14N6O/c1-2-4-7(3-1)11-5-8-14-10(16-17-8)9-12-6-13-15-9/h6-7,11H,1-5H2,(H,12,13,15). The number of aromatic nitrogens is 5. The molecule has 0 saturated heterocycles. The van der Waals surface area contributed by atoms with Crippen LogP contribution < -0.4 is 5.32 Å². The number of hydrogen-bond acceptors (Lipinski definition) is 6. The minimum Gasteiger partial charge on any atom is -0.337 e. The van der Waals surface area contributed by atoms with Gasteiger partial charge in [-0.1, -0.05) is 18.0 Å². The highest BCUT2D eigenvalue weighted by Gasteiger charge is 2.16. The van der Waals surface area contributed by atoms with Gasteiger partial charge in [-0.25, -0.2) is 4.98 Å². The van der Waals surface area contributed by atoms with E-state index < -0.39 is 0 Å². The van der Waals surface area contributed by atoms with Gasteiger partial charge in [0.2, 0.25) is 11.7 Å². The van der Waals surface area contributed by atoms with Gasteiger partial charge in [-0.3, -0.25) is 5.10 Å². The monoisotopic (exact) mass is 234 g/mol. The van der Waals surface area contributed by atoms with Gasteiger partial charge >= 0.3 is 0 Å². The van der Waals surface area contributed by atoms with Gasteiger partial charge in [0, 0.05) is 6.04 Å². The number of H-pyrrole nitrogens is 1. The van der Waals surface area contributed by atoms with Crippen LogP contribution >= 0.6 is 0 Å². The Hall–Kier alpha value is -1.76. The van der Waals surface area contributed by atoms with Crippen LogP contribution in [0.2, 0.25) is 0 Å². The van der Waals surface area contributed by atoms with Crippen molar-refractivity contribution in [3.05, 3.63) is 12.2 Å². The molecule has 3 rings (SSSR count). The van der Waals surface area contributed by atoms with Crippen molar-refractivity contribution in [2.45, 2.75) is 38.3 Å². The van der Waals surface area contributed by atoms with E-state index in [1.54, 1.807) is 0 Å². The summed E-state index contributed by atoms with van der Waals surface area (Å²) >= 11 is 0. The molecule has 0 radical (unpaired) electrons. The van der Waals surface area contributed by atoms with Crippen molar-refractivity contribution in [1.82, 2.24) is 30.6 Å². The second-order valence-electron chi connectivity index (χ2n) is 4.21. The number of rotatable bonds is 4. The van der Waals surface area contributed by atoms with Crippen molar-refractivity contribution >= 4 is 0 Å². The van der Waals surface area contributed by atoms with E-state index in [4.69, 9.17) is 4.52 Å². The van der Waals surface area contributed by atoms with Crippen molar-refractivity contribution < 1.29 is 4.52 Å². The first-order valence-electron chi connectivity index (χ1n) is 5.83. The maximum absolute atomic E-state index is 5.14. The summed E-state index contributed by atoms with van der Waals surface area (Å²) in [6.07, 6.45) is 6.52. The predicted octanol–water partition coefficient (Wildman–Crippen LogP) is 0.887. The van der Waals surface area contributed by atoms with Crippen LogP contribution in [0.4, 0.5) is 0 Å². The topological polar surface area (TPSA) is 92.5 Å². The second kappa shape index (κ2) is 4.62. The minimum atomic E-state index is 0.450. The third kappa shape index (κ3) is 2.33. The van der Waals surface area contributed by atoms with Gasteiger partial charge in [0.05, 0.1) is 6.54 Å². The Labute approximate surface area is 98.0 Å².